The van der Waals surface area contributed by atoms with Gasteiger partial charge in [-0.2, -0.15) is 5.10 Å². The molecule has 3 aromatic rings. The molecular formula is C16H15N3O3. The first-order valence-corrected chi connectivity index (χ1v) is 6.89. The van der Waals surface area contributed by atoms with Crippen LogP contribution in [0.25, 0.3) is 16.9 Å². The van der Waals surface area contributed by atoms with Crippen LogP contribution in [0, 0.1) is 0 Å². The molecule has 3 rings (SSSR count). The molecule has 0 unspecified atom stereocenters. The maximum absolute atomic E-state index is 11.7. The number of carbonyl (C=O) groups is 1. The Morgan fingerprint density at radius 1 is 1.23 bits per heavy atom. The maximum Gasteiger partial charge on any atom is 0.357 e. The third kappa shape index (κ3) is 2.63. The first-order chi connectivity index (χ1) is 10.7. The highest BCUT2D eigenvalue weighted by Gasteiger charge is 2.11. The van der Waals surface area contributed by atoms with Crippen molar-refractivity contribution in [2.45, 2.75) is 6.92 Å². The lowest BCUT2D eigenvalue weighted by Crippen LogP contribution is -2.07. The van der Waals surface area contributed by atoms with E-state index in [-0.39, 0.29) is 5.69 Å². The Hall–Kier alpha value is -2.89. The van der Waals surface area contributed by atoms with E-state index in [0.717, 1.165) is 17.0 Å². The van der Waals surface area contributed by atoms with Crippen molar-refractivity contribution in [3.63, 3.8) is 0 Å². The second kappa shape index (κ2) is 5.85. The van der Waals surface area contributed by atoms with Crippen molar-refractivity contribution in [3.8, 4) is 17.0 Å². The predicted molar refractivity (Wildman–Crippen MR) is 80.9 cm³/mol. The molecule has 2 aromatic heterocycles. The van der Waals surface area contributed by atoms with Gasteiger partial charge in [0.2, 0.25) is 0 Å². The normalized spacial score (nSPS) is 10.6. The van der Waals surface area contributed by atoms with E-state index >= 15 is 0 Å². The molecule has 1 aromatic carbocycles. The lowest BCUT2D eigenvalue weighted by atomic mass is 10.1. The molecular weight excluding hydrogens is 282 g/mol. The van der Waals surface area contributed by atoms with E-state index in [1.807, 2.05) is 30.3 Å². The summed E-state index contributed by atoms with van der Waals surface area (Å²) in [6, 6.07) is 11.0. The molecule has 0 radical (unpaired) electrons. The van der Waals surface area contributed by atoms with Crippen LogP contribution >= 0.6 is 0 Å². The van der Waals surface area contributed by atoms with Gasteiger partial charge in [-0.15, -0.1) is 0 Å². The van der Waals surface area contributed by atoms with Gasteiger partial charge in [0, 0.05) is 17.8 Å². The van der Waals surface area contributed by atoms with Gasteiger partial charge in [-0.3, -0.25) is 0 Å². The Bertz CT molecular complexity index is 809. The number of nitrogens with zero attached hydrogens (tertiary/aromatic N) is 3. The summed E-state index contributed by atoms with van der Waals surface area (Å²) in [5.41, 5.74) is 2.59. The smallest absolute Gasteiger partial charge is 0.357 e. The largest absolute Gasteiger partial charge is 0.497 e. The average Bonchev–Trinajstić information content (AvgIpc) is 2.98. The second-order valence-corrected chi connectivity index (χ2v) is 4.59. The highest BCUT2D eigenvalue weighted by Crippen LogP contribution is 2.22. The van der Waals surface area contributed by atoms with Gasteiger partial charge < -0.3 is 9.47 Å². The molecule has 6 heteroatoms. The lowest BCUT2D eigenvalue weighted by Gasteiger charge is -2.00. The predicted octanol–water partition coefficient (Wildman–Crippen LogP) is 2.58. The number of hydrogen-bond acceptors (Lipinski definition) is 5. The molecule has 0 spiro atoms. The Morgan fingerprint density at radius 3 is 2.68 bits per heavy atom. The van der Waals surface area contributed by atoms with Gasteiger partial charge in [0.05, 0.1) is 19.4 Å². The van der Waals surface area contributed by atoms with Crippen LogP contribution in [0.15, 0.2) is 42.6 Å². The maximum atomic E-state index is 11.7. The number of rotatable bonds is 4. The topological polar surface area (TPSA) is 65.7 Å². The van der Waals surface area contributed by atoms with Gasteiger partial charge in [0.1, 0.15) is 5.75 Å². The van der Waals surface area contributed by atoms with E-state index in [1.54, 1.807) is 30.8 Å². The van der Waals surface area contributed by atoms with Gasteiger partial charge in [0.15, 0.2) is 11.3 Å². The minimum absolute atomic E-state index is 0.274. The second-order valence-electron chi connectivity index (χ2n) is 4.59. The molecule has 0 saturated carbocycles. The van der Waals surface area contributed by atoms with Crippen LogP contribution in [-0.4, -0.2) is 34.3 Å². The van der Waals surface area contributed by atoms with E-state index in [4.69, 9.17) is 9.47 Å². The summed E-state index contributed by atoms with van der Waals surface area (Å²) in [6.07, 6.45) is 1.70. The summed E-state index contributed by atoms with van der Waals surface area (Å²) in [5, 5.41) is 4.45. The monoisotopic (exact) mass is 297 g/mol. The average molecular weight is 297 g/mol. The molecule has 0 fully saturated rings. The van der Waals surface area contributed by atoms with Gasteiger partial charge in [0.25, 0.3) is 0 Å². The lowest BCUT2D eigenvalue weighted by molar-refractivity contribution is 0.0519. The van der Waals surface area contributed by atoms with Crippen LogP contribution in [0.1, 0.15) is 17.4 Å². The molecule has 0 aliphatic rings. The summed E-state index contributed by atoms with van der Waals surface area (Å²) < 4.78 is 11.7. The first kappa shape index (κ1) is 14.1. The molecule has 0 aliphatic heterocycles. The zero-order valence-electron chi connectivity index (χ0n) is 12.3. The Morgan fingerprint density at radius 2 is 2.00 bits per heavy atom. The van der Waals surface area contributed by atoms with Crippen LogP contribution in [0.5, 0.6) is 5.75 Å². The molecule has 0 aliphatic carbocycles. The SMILES string of the molecule is CCOC(=O)c1ccn2nc(-c3ccc(OC)cc3)cc2n1. The van der Waals surface area contributed by atoms with E-state index in [1.165, 1.54) is 0 Å². The van der Waals surface area contributed by atoms with Crippen LogP contribution in [0.4, 0.5) is 0 Å². The quantitative estimate of drug-likeness (QED) is 0.692. The number of fused-ring (bicyclic) bond motifs is 1. The number of methoxy groups -OCH3 is 1. The van der Waals surface area contributed by atoms with Crippen molar-refractivity contribution >= 4 is 11.6 Å². The van der Waals surface area contributed by atoms with Crippen LogP contribution < -0.4 is 4.74 Å². The van der Waals surface area contributed by atoms with Crippen molar-refractivity contribution in [1.29, 1.82) is 0 Å². The molecule has 0 atom stereocenters. The van der Waals surface area contributed by atoms with Crippen molar-refractivity contribution in [3.05, 3.63) is 48.3 Å². The molecule has 6 nitrogen and oxygen atoms in total. The summed E-state index contributed by atoms with van der Waals surface area (Å²) in [7, 11) is 1.63. The number of ether oxygens (including phenoxy) is 2. The Balaban J connectivity index is 1.96. The van der Waals surface area contributed by atoms with Gasteiger partial charge in [-0.25, -0.2) is 14.3 Å². The van der Waals surface area contributed by atoms with Gasteiger partial charge >= 0.3 is 5.97 Å². The fraction of sp³-hybridized carbons (Fsp3) is 0.188. The zero-order valence-corrected chi connectivity index (χ0v) is 12.3. The van der Waals surface area contributed by atoms with Crippen LogP contribution in [-0.2, 0) is 4.74 Å². The number of hydrogen-bond donors (Lipinski definition) is 0. The van der Waals surface area contributed by atoms with Gasteiger partial charge in [-0.05, 0) is 37.3 Å². The van der Waals surface area contributed by atoms with Crippen LogP contribution in [0.2, 0.25) is 0 Å². The van der Waals surface area contributed by atoms with E-state index in [0.29, 0.717) is 12.3 Å². The third-order valence-electron chi connectivity index (χ3n) is 3.19. The Labute approximate surface area is 127 Å². The van der Waals surface area contributed by atoms with Crippen LogP contribution in [0.3, 0.4) is 0 Å². The molecule has 0 bridgehead atoms. The Kier molecular flexibility index (Phi) is 3.74. The number of benzene rings is 1. The molecule has 2 heterocycles. The molecule has 22 heavy (non-hydrogen) atoms. The molecule has 112 valence electrons. The van der Waals surface area contributed by atoms with Crippen molar-refractivity contribution < 1.29 is 14.3 Å². The highest BCUT2D eigenvalue weighted by molar-refractivity contribution is 5.87. The molecule has 0 N–H and O–H groups in total. The number of esters is 1. The van der Waals surface area contributed by atoms with E-state index in [9.17, 15) is 4.79 Å². The van der Waals surface area contributed by atoms with Crippen molar-refractivity contribution in [1.82, 2.24) is 14.6 Å². The minimum Gasteiger partial charge on any atom is -0.497 e. The molecule has 0 saturated heterocycles. The zero-order chi connectivity index (χ0) is 15.5. The number of carbonyl (C=O) groups excluding carboxylic acids is 1. The standard InChI is InChI=1S/C16H15N3O3/c1-3-22-16(20)13-8-9-19-15(17-13)10-14(18-19)11-4-6-12(21-2)7-5-11/h4-10H,3H2,1-2H3. The van der Waals surface area contributed by atoms with Crippen molar-refractivity contribution in [2.75, 3.05) is 13.7 Å². The minimum atomic E-state index is -0.433. The van der Waals surface area contributed by atoms with E-state index < -0.39 is 5.97 Å². The highest BCUT2D eigenvalue weighted by atomic mass is 16.5. The van der Waals surface area contributed by atoms with E-state index in [2.05, 4.69) is 10.1 Å². The third-order valence-corrected chi connectivity index (χ3v) is 3.19. The first-order valence-electron chi connectivity index (χ1n) is 6.89. The van der Waals surface area contributed by atoms with Crippen molar-refractivity contribution in [2.24, 2.45) is 0 Å². The summed E-state index contributed by atoms with van der Waals surface area (Å²) in [5.74, 6) is 0.354. The summed E-state index contributed by atoms with van der Waals surface area (Å²) in [6.45, 7) is 2.08. The fourth-order valence-corrected chi connectivity index (χ4v) is 2.10. The van der Waals surface area contributed by atoms with Gasteiger partial charge in [-0.1, -0.05) is 0 Å². The number of aromatic nitrogens is 3. The summed E-state index contributed by atoms with van der Waals surface area (Å²) in [4.78, 5) is 16.0. The molecule has 0 amide bonds. The fourth-order valence-electron chi connectivity index (χ4n) is 2.10. The summed E-state index contributed by atoms with van der Waals surface area (Å²) >= 11 is 0.